The van der Waals surface area contributed by atoms with Gasteiger partial charge in [-0.15, -0.1) is 0 Å². The van der Waals surface area contributed by atoms with Gasteiger partial charge in [0, 0.05) is 43.3 Å². The second-order valence-corrected chi connectivity index (χ2v) is 5.73. The topological polar surface area (TPSA) is 45.6 Å². The van der Waals surface area contributed by atoms with Crippen LogP contribution in [0, 0.1) is 0 Å². The van der Waals surface area contributed by atoms with Crippen molar-refractivity contribution in [2.45, 2.75) is 38.4 Å². The van der Waals surface area contributed by atoms with Crippen LogP contribution in [-0.4, -0.2) is 48.1 Å². The van der Waals surface area contributed by atoms with Gasteiger partial charge in [-0.1, -0.05) is 0 Å². The lowest BCUT2D eigenvalue weighted by atomic mass is 9.96. The Bertz CT molecular complexity index is 363. The fourth-order valence-corrected chi connectivity index (χ4v) is 2.79. The highest BCUT2D eigenvalue weighted by Crippen LogP contribution is 2.28. The molecule has 1 unspecified atom stereocenters. The number of rotatable bonds is 5. The maximum atomic E-state index is 6.07. The third-order valence-electron chi connectivity index (χ3n) is 4.28. The van der Waals surface area contributed by atoms with Crippen molar-refractivity contribution in [3.8, 4) is 0 Å². The lowest BCUT2D eigenvalue weighted by Crippen LogP contribution is -2.53. The first-order chi connectivity index (χ1) is 8.57. The lowest BCUT2D eigenvalue weighted by Gasteiger charge is -2.38. The van der Waals surface area contributed by atoms with Crippen LogP contribution in [0.4, 0.5) is 0 Å². The SMILES string of the molecule is CC(C)N1CCC(CN)(N(C)Cc2ccoc2)C1. The molecule has 0 aromatic carbocycles. The average molecular weight is 251 g/mol. The maximum Gasteiger partial charge on any atom is 0.0947 e. The Morgan fingerprint density at radius 3 is 2.83 bits per heavy atom. The van der Waals surface area contributed by atoms with Crippen LogP contribution in [0.3, 0.4) is 0 Å². The summed E-state index contributed by atoms with van der Waals surface area (Å²) in [6.07, 6.45) is 4.69. The lowest BCUT2D eigenvalue weighted by molar-refractivity contribution is 0.115. The number of hydrogen-bond acceptors (Lipinski definition) is 4. The second kappa shape index (κ2) is 5.43. The highest BCUT2D eigenvalue weighted by Gasteiger charge is 2.40. The summed E-state index contributed by atoms with van der Waals surface area (Å²) in [4.78, 5) is 4.90. The van der Waals surface area contributed by atoms with E-state index in [1.807, 2.05) is 12.3 Å². The highest BCUT2D eigenvalue weighted by atomic mass is 16.3. The van der Waals surface area contributed by atoms with Gasteiger partial charge in [0.1, 0.15) is 0 Å². The molecule has 1 fully saturated rings. The van der Waals surface area contributed by atoms with Crippen molar-refractivity contribution in [1.29, 1.82) is 0 Å². The van der Waals surface area contributed by atoms with E-state index in [1.54, 1.807) is 6.26 Å². The molecular weight excluding hydrogens is 226 g/mol. The predicted molar refractivity (Wildman–Crippen MR) is 73.3 cm³/mol. The molecule has 4 heteroatoms. The Morgan fingerprint density at radius 1 is 1.56 bits per heavy atom. The van der Waals surface area contributed by atoms with Gasteiger partial charge in [-0.25, -0.2) is 0 Å². The van der Waals surface area contributed by atoms with Gasteiger partial charge in [-0.3, -0.25) is 9.80 Å². The zero-order chi connectivity index (χ0) is 13.2. The smallest absolute Gasteiger partial charge is 0.0947 e. The second-order valence-electron chi connectivity index (χ2n) is 5.73. The van der Waals surface area contributed by atoms with E-state index in [9.17, 15) is 0 Å². The fraction of sp³-hybridized carbons (Fsp3) is 0.714. The van der Waals surface area contributed by atoms with Gasteiger partial charge in [0.15, 0.2) is 0 Å². The third kappa shape index (κ3) is 2.60. The van der Waals surface area contributed by atoms with Crippen molar-refractivity contribution in [3.05, 3.63) is 24.2 Å². The van der Waals surface area contributed by atoms with Crippen molar-refractivity contribution in [3.63, 3.8) is 0 Å². The summed E-state index contributed by atoms with van der Waals surface area (Å²) in [6.45, 7) is 8.33. The molecule has 1 aromatic rings. The first kappa shape index (κ1) is 13.6. The summed E-state index contributed by atoms with van der Waals surface area (Å²) in [5, 5.41) is 0. The minimum absolute atomic E-state index is 0.113. The number of nitrogens with two attached hydrogens (primary N) is 1. The molecule has 1 aliphatic rings. The maximum absolute atomic E-state index is 6.07. The monoisotopic (exact) mass is 251 g/mol. The van der Waals surface area contributed by atoms with Crippen molar-refractivity contribution >= 4 is 0 Å². The van der Waals surface area contributed by atoms with Crippen LogP contribution in [0.5, 0.6) is 0 Å². The summed E-state index contributed by atoms with van der Waals surface area (Å²) in [7, 11) is 2.17. The van der Waals surface area contributed by atoms with E-state index >= 15 is 0 Å². The zero-order valence-corrected chi connectivity index (χ0v) is 11.7. The van der Waals surface area contributed by atoms with Crippen LogP contribution >= 0.6 is 0 Å². The Labute approximate surface area is 110 Å². The van der Waals surface area contributed by atoms with Gasteiger partial charge in [-0.2, -0.15) is 0 Å². The predicted octanol–water partition coefficient (Wildman–Crippen LogP) is 1.52. The molecule has 1 saturated heterocycles. The van der Waals surface area contributed by atoms with Gasteiger partial charge < -0.3 is 10.2 Å². The molecule has 102 valence electrons. The Morgan fingerprint density at radius 2 is 2.33 bits per heavy atom. The summed E-state index contributed by atoms with van der Waals surface area (Å²) >= 11 is 0. The summed E-state index contributed by atoms with van der Waals surface area (Å²) in [5.74, 6) is 0. The molecule has 0 amide bonds. The van der Waals surface area contributed by atoms with Crippen LogP contribution in [0.1, 0.15) is 25.8 Å². The van der Waals surface area contributed by atoms with Crippen molar-refractivity contribution in [2.24, 2.45) is 5.73 Å². The molecule has 18 heavy (non-hydrogen) atoms. The Balaban J connectivity index is 2.04. The Hall–Kier alpha value is -0.840. The van der Waals surface area contributed by atoms with Crippen LogP contribution in [0.25, 0.3) is 0 Å². The molecule has 2 heterocycles. The molecular formula is C14H25N3O. The standard InChI is InChI=1S/C14H25N3O/c1-12(2)17-6-5-14(10-15,11-17)16(3)8-13-4-7-18-9-13/h4,7,9,12H,5-6,8,10-11,15H2,1-3H3. The van der Waals surface area contributed by atoms with Crippen LogP contribution in [0.2, 0.25) is 0 Å². The first-order valence-electron chi connectivity index (χ1n) is 6.74. The quantitative estimate of drug-likeness (QED) is 0.862. The van der Waals surface area contributed by atoms with E-state index in [-0.39, 0.29) is 5.54 Å². The minimum atomic E-state index is 0.113. The van der Waals surface area contributed by atoms with E-state index in [2.05, 4.69) is 30.7 Å². The molecule has 0 saturated carbocycles. The van der Waals surface area contributed by atoms with Gasteiger partial charge in [0.25, 0.3) is 0 Å². The van der Waals surface area contributed by atoms with Gasteiger partial charge in [-0.05, 0) is 33.4 Å². The van der Waals surface area contributed by atoms with E-state index in [0.717, 1.165) is 26.1 Å². The number of nitrogens with zero attached hydrogens (tertiary/aromatic N) is 2. The molecule has 1 aromatic heterocycles. The van der Waals surface area contributed by atoms with Crippen molar-refractivity contribution < 1.29 is 4.42 Å². The van der Waals surface area contributed by atoms with E-state index in [1.165, 1.54) is 5.56 Å². The minimum Gasteiger partial charge on any atom is -0.472 e. The molecule has 1 atom stereocenters. The van der Waals surface area contributed by atoms with Gasteiger partial charge in [0.05, 0.1) is 12.5 Å². The molecule has 2 rings (SSSR count). The van der Waals surface area contributed by atoms with Crippen LogP contribution in [-0.2, 0) is 6.54 Å². The van der Waals surface area contributed by atoms with Crippen molar-refractivity contribution in [2.75, 3.05) is 26.7 Å². The molecule has 0 radical (unpaired) electrons. The molecule has 4 nitrogen and oxygen atoms in total. The molecule has 0 spiro atoms. The molecule has 2 N–H and O–H groups in total. The largest absolute Gasteiger partial charge is 0.472 e. The number of likely N-dealkylation sites (tertiary alicyclic amines) is 1. The van der Waals surface area contributed by atoms with Crippen LogP contribution in [0.15, 0.2) is 23.0 Å². The fourth-order valence-electron chi connectivity index (χ4n) is 2.79. The Kier molecular flexibility index (Phi) is 4.10. The van der Waals surface area contributed by atoms with Gasteiger partial charge in [0.2, 0.25) is 0 Å². The van der Waals surface area contributed by atoms with Crippen LogP contribution < -0.4 is 5.73 Å². The number of hydrogen-bond donors (Lipinski definition) is 1. The van der Waals surface area contributed by atoms with Gasteiger partial charge >= 0.3 is 0 Å². The molecule has 0 aliphatic carbocycles. The normalized spacial score (nSPS) is 25.4. The third-order valence-corrected chi connectivity index (χ3v) is 4.28. The number of likely N-dealkylation sites (N-methyl/N-ethyl adjacent to an activating group) is 1. The van der Waals surface area contributed by atoms with E-state index in [0.29, 0.717) is 12.6 Å². The number of furan rings is 1. The highest BCUT2D eigenvalue weighted by molar-refractivity contribution is 5.08. The first-order valence-corrected chi connectivity index (χ1v) is 6.74. The van der Waals surface area contributed by atoms with E-state index < -0.39 is 0 Å². The van der Waals surface area contributed by atoms with Crippen molar-refractivity contribution in [1.82, 2.24) is 9.80 Å². The average Bonchev–Trinajstić information content (AvgIpc) is 2.97. The molecule has 1 aliphatic heterocycles. The molecule has 0 bridgehead atoms. The summed E-state index contributed by atoms with van der Waals surface area (Å²) < 4.78 is 5.14. The zero-order valence-electron chi connectivity index (χ0n) is 11.7. The van der Waals surface area contributed by atoms with E-state index in [4.69, 9.17) is 10.2 Å². The summed E-state index contributed by atoms with van der Waals surface area (Å²) in [5.41, 5.74) is 7.40. The summed E-state index contributed by atoms with van der Waals surface area (Å²) in [6, 6.07) is 2.62.